The number of hydrogen-bond donors (Lipinski definition) is 4. The van der Waals surface area contributed by atoms with Gasteiger partial charge in [-0.25, -0.2) is 9.48 Å². The largest absolute Gasteiger partial charge is 0.481 e. The van der Waals surface area contributed by atoms with Gasteiger partial charge in [0, 0.05) is 41.7 Å². The molecule has 0 aliphatic rings. The first-order valence-corrected chi connectivity index (χ1v) is 12.6. The van der Waals surface area contributed by atoms with Crippen LogP contribution in [0.3, 0.4) is 0 Å². The number of hydrogen-bond acceptors (Lipinski definition) is 6. The van der Waals surface area contributed by atoms with E-state index < -0.39 is 12.0 Å². The number of ether oxygens (including phenoxy) is 1. The fraction of sp³-hybridized carbons (Fsp3) is 0.207. The second-order valence-electron chi connectivity index (χ2n) is 9.95. The molecule has 0 atom stereocenters. The Kier molecular flexibility index (Phi) is 8.43. The summed E-state index contributed by atoms with van der Waals surface area (Å²) in [4.78, 5) is 39.5. The fourth-order valence-corrected chi connectivity index (χ4v) is 3.59. The van der Waals surface area contributed by atoms with Crippen LogP contribution in [0.1, 0.15) is 39.3 Å². The van der Waals surface area contributed by atoms with Crippen LogP contribution in [0.4, 0.5) is 22.0 Å². The molecule has 2 heterocycles. The summed E-state index contributed by atoms with van der Waals surface area (Å²) in [6.45, 7) is 6.07. The number of nitrogens with zero attached hydrogens (tertiary/aromatic N) is 3. The number of carboxylic acid groups (broad SMARTS) is 1. The lowest BCUT2D eigenvalue weighted by molar-refractivity contribution is -0.138. The molecule has 0 unspecified atom stereocenters. The molecule has 0 spiro atoms. The van der Waals surface area contributed by atoms with Gasteiger partial charge in [-0.1, -0.05) is 20.8 Å². The van der Waals surface area contributed by atoms with Crippen molar-refractivity contribution in [1.82, 2.24) is 14.8 Å². The van der Waals surface area contributed by atoms with Crippen LogP contribution in [0.15, 0.2) is 79.1 Å². The summed E-state index contributed by atoms with van der Waals surface area (Å²) in [6, 6.07) is 18.7. The third-order valence-electron chi connectivity index (χ3n) is 5.68. The average molecular weight is 543 g/mol. The van der Waals surface area contributed by atoms with Crippen LogP contribution in [0, 0.1) is 0 Å². The van der Waals surface area contributed by atoms with Crippen molar-refractivity contribution in [2.75, 3.05) is 16.0 Å². The van der Waals surface area contributed by atoms with Crippen molar-refractivity contribution in [1.29, 1.82) is 0 Å². The van der Waals surface area contributed by atoms with Gasteiger partial charge in [-0.2, -0.15) is 5.10 Å². The Bertz CT molecular complexity index is 1480. The number of urea groups is 1. The number of carbonyl (C=O) groups excluding carboxylic acids is 2. The highest BCUT2D eigenvalue weighted by Gasteiger charge is 2.21. The van der Waals surface area contributed by atoms with E-state index in [-0.39, 0.29) is 24.2 Å². The molecule has 11 nitrogen and oxygen atoms in total. The number of benzene rings is 2. The second kappa shape index (κ2) is 12.1. The zero-order chi connectivity index (χ0) is 28.7. The highest BCUT2D eigenvalue weighted by atomic mass is 16.5. The molecule has 0 aliphatic carbocycles. The standard InChI is InChI=1S/C29H30N6O5/c1-29(2,3)24-18-25(35(34-24)21-8-4-19(5-9-21)31-26(36)12-13-27(37)38)33-28(39)32-20-6-10-22(11-7-20)40-23-14-16-30-17-15-23/h4-11,14-18H,12-13H2,1-3H3,(H,31,36)(H,37,38)(H2,32,33,39). The van der Waals surface area contributed by atoms with Gasteiger partial charge in [0.2, 0.25) is 5.91 Å². The van der Waals surface area contributed by atoms with Gasteiger partial charge < -0.3 is 20.5 Å². The van der Waals surface area contributed by atoms with E-state index >= 15 is 0 Å². The van der Waals surface area contributed by atoms with Gasteiger partial charge in [0.25, 0.3) is 0 Å². The number of aromatic nitrogens is 3. The predicted molar refractivity (Wildman–Crippen MR) is 151 cm³/mol. The molecule has 0 bridgehead atoms. The van der Waals surface area contributed by atoms with E-state index in [1.165, 1.54) is 0 Å². The van der Waals surface area contributed by atoms with Crippen LogP contribution in [-0.4, -0.2) is 37.8 Å². The maximum absolute atomic E-state index is 12.9. The number of pyridine rings is 1. The Morgan fingerprint density at radius 2 is 1.43 bits per heavy atom. The summed E-state index contributed by atoms with van der Waals surface area (Å²) in [5.74, 6) is 0.310. The van der Waals surface area contributed by atoms with Crippen LogP contribution < -0.4 is 20.7 Å². The van der Waals surface area contributed by atoms with Gasteiger partial charge in [0.15, 0.2) is 0 Å². The molecule has 11 heteroatoms. The van der Waals surface area contributed by atoms with Crippen LogP contribution in [0.2, 0.25) is 0 Å². The summed E-state index contributed by atoms with van der Waals surface area (Å²) in [6.07, 6.45) is 2.92. The lowest BCUT2D eigenvalue weighted by Gasteiger charge is -2.14. The predicted octanol–water partition coefficient (Wildman–Crippen LogP) is 5.80. The van der Waals surface area contributed by atoms with E-state index in [2.05, 4.69) is 20.9 Å². The number of carboxylic acids is 1. The quantitative estimate of drug-likeness (QED) is 0.209. The molecule has 3 amide bonds. The molecule has 206 valence electrons. The molecule has 4 rings (SSSR count). The number of aliphatic carboxylic acids is 1. The van der Waals surface area contributed by atoms with Crippen molar-refractivity contribution in [3.63, 3.8) is 0 Å². The average Bonchev–Trinajstić information content (AvgIpc) is 3.34. The van der Waals surface area contributed by atoms with Crippen LogP contribution in [0.25, 0.3) is 5.69 Å². The summed E-state index contributed by atoms with van der Waals surface area (Å²) in [7, 11) is 0. The molecular formula is C29H30N6O5. The van der Waals surface area contributed by atoms with Crippen molar-refractivity contribution < 1.29 is 24.2 Å². The minimum Gasteiger partial charge on any atom is -0.481 e. The molecule has 2 aromatic carbocycles. The number of rotatable bonds is 9. The maximum atomic E-state index is 12.9. The summed E-state index contributed by atoms with van der Waals surface area (Å²) < 4.78 is 7.37. The van der Waals surface area contributed by atoms with Gasteiger partial charge in [-0.05, 0) is 60.7 Å². The molecule has 0 radical (unpaired) electrons. The number of anilines is 3. The van der Waals surface area contributed by atoms with Crippen molar-refractivity contribution >= 4 is 35.1 Å². The first-order chi connectivity index (χ1) is 19.1. The summed E-state index contributed by atoms with van der Waals surface area (Å²) in [5, 5.41) is 21.8. The van der Waals surface area contributed by atoms with Gasteiger partial charge >= 0.3 is 12.0 Å². The van der Waals surface area contributed by atoms with Crippen LogP contribution in [-0.2, 0) is 15.0 Å². The minimum absolute atomic E-state index is 0.116. The normalized spacial score (nSPS) is 11.0. The van der Waals surface area contributed by atoms with Gasteiger partial charge in [-0.3, -0.25) is 19.9 Å². The Morgan fingerprint density at radius 3 is 2.05 bits per heavy atom. The Labute approximate surface area is 231 Å². The van der Waals surface area contributed by atoms with E-state index in [1.807, 2.05) is 26.8 Å². The molecule has 2 aromatic heterocycles. The molecule has 4 aromatic rings. The highest BCUT2D eigenvalue weighted by Crippen LogP contribution is 2.27. The Hall–Kier alpha value is -5.19. The second-order valence-corrected chi connectivity index (χ2v) is 9.95. The Morgan fingerprint density at radius 1 is 0.825 bits per heavy atom. The van der Waals surface area contributed by atoms with E-state index in [0.29, 0.717) is 34.4 Å². The van der Waals surface area contributed by atoms with Crippen molar-refractivity contribution in [2.24, 2.45) is 0 Å². The molecule has 0 saturated heterocycles. The van der Waals surface area contributed by atoms with Crippen molar-refractivity contribution in [3.05, 3.63) is 84.8 Å². The number of nitrogens with one attached hydrogen (secondary N) is 3. The first-order valence-electron chi connectivity index (χ1n) is 12.6. The molecule has 0 saturated carbocycles. The SMILES string of the molecule is CC(C)(C)c1cc(NC(=O)Nc2ccc(Oc3ccncc3)cc2)n(-c2ccc(NC(=O)CCC(=O)O)cc2)n1. The third kappa shape index (κ3) is 7.67. The van der Waals surface area contributed by atoms with Crippen LogP contribution in [0.5, 0.6) is 11.5 Å². The smallest absolute Gasteiger partial charge is 0.324 e. The summed E-state index contributed by atoms with van der Waals surface area (Å²) >= 11 is 0. The zero-order valence-electron chi connectivity index (χ0n) is 22.3. The van der Waals surface area contributed by atoms with Crippen LogP contribution >= 0.6 is 0 Å². The monoisotopic (exact) mass is 542 g/mol. The van der Waals surface area contributed by atoms with Crippen molar-refractivity contribution in [3.8, 4) is 17.2 Å². The lowest BCUT2D eigenvalue weighted by atomic mass is 9.92. The van der Waals surface area contributed by atoms with Crippen molar-refractivity contribution in [2.45, 2.75) is 39.0 Å². The van der Waals surface area contributed by atoms with Gasteiger partial charge in [0.1, 0.15) is 17.3 Å². The first kappa shape index (κ1) is 27.8. The fourth-order valence-electron chi connectivity index (χ4n) is 3.59. The maximum Gasteiger partial charge on any atom is 0.324 e. The molecule has 0 fully saturated rings. The number of carbonyl (C=O) groups is 3. The Balaban J connectivity index is 1.45. The molecule has 40 heavy (non-hydrogen) atoms. The number of amides is 3. The molecule has 0 aliphatic heterocycles. The molecular weight excluding hydrogens is 512 g/mol. The summed E-state index contributed by atoms with van der Waals surface area (Å²) in [5.41, 5.74) is 2.25. The minimum atomic E-state index is -1.03. The van der Waals surface area contributed by atoms with E-state index in [1.54, 1.807) is 77.7 Å². The molecule has 4 N–H and O–H groups in total. The van der Waals surface area contributed by atoms with E-state index in [9.17, 15) is 14.4 Å². The topological polar surface area (TPSA) is 147 Å². The third-order valence-corrected chi connectivity index (χ3v) is 5.68. The lowest BCUT2D eigenvalue weighted by Crippen LogP contribution is -2.21. The van der Waals surface area contributed by atoms with Gasteiger partial charge in [-0.15, -0.1) is 0 Å². The van der Waals surface area contributed by atoms with E-state index in [0.717, 1.165) is 5.69 Å². The highest BCUT2D eigenvalue weighted by molar-refractivity contribution is 5.99. The van der Waals surface area contributed by atoms with E-state index in [4.69, 9.17) is 14.9 Å². The van der Waals surface area contributed by atoms with Gasteiger partial charge in [0.05, 0.1) is 17.8 Å². The zero-order valence-corrected chi connectivity index (χ0v) is 22.3.